The van der Waals surface area contributed by atoms with Gasteiger partial charge in [0.1, 0.15) is 17.9 Å². The van der Waals surface area contributed by atoms with Crippen LogP contribution in [0.25, 0.3) is 38.6 Å². The number of hydrogen-bond acceptors (Lipinski definition) is 5. The van der Waals surface area contributed by atoms with E-state index in [0.29, 0.717) is 26.2 Å². The number of aromatic nitrogens is 3. The van der Waals surface area contributed by atoms with Gasteiger partial charge in [0.2, 0.25) is 0 Å². The maximum absolute atomic E-state index is 13.6. The number of amides is 1. The quantitative estimate of drug-likeness (QED) is 0.261. The van der Waals surface area contributed by atoms with Gasteiger partial charge in [-0.3, -0.25) is 9.36 Å². The number of nitrogens with zero attached hydrogens (tertiary/aromatic N) is 5. The first-order valence-electron chi connectivity index (χ1n) is 13.8. The van der Waals surface area contributed by atoms with Crippen molar-refractivity contribution in [3.05, 3.63) is 115 Å². The van der Waals surface area contributed by atoms with Crippen LogP contribution in [-0.4, -0.2) is 58.6 Å². The monoisotopic (exact) mass is 539 g/mol. The van der Waals surface area contributed by atoms with Crippen molar-refractivity contribution < 1.29 is 9.53 Å². The molecular formula is C34H29N5O2. The normalized spacial score (nSPS) is 13.6. The van der Waals surface area contributed by atoms with E-state index < -0.39 is 0 Å². The lowest BCUT2D eigenvalue weighted by molar-refractivity contribution is 0.0748. The summed E-state index contributed by atoms with van der Waals surface area (Å²) in [6, 6.07) is 32.3. The van der Waals surface area contributed by atoms with Gasteiger partial charge in [0, 0.05) is 43.5 Å². The van der Waals surface area contributed by atoms with Crippen molar-refractivity contribution in [1.29, 1.82) is 0 Å². The van der Waals surface area contributed by atoms with Gasteiger partial charge in [0.05, 0.1) is 18.2 Å². The summed E-state index contributed by atoms with van der Waals surface area (Å²) in [4.78, 5) is 27.4. The predicted octanol–water partition coefficient (Wildman–Crippen LogP) is 6.21. The van der Waals surface area contributed by atoms with Crippen LogP contribution in [0.4, 0.5) is 5.82 Å². The van der Waals surface area contributed by atoms with Gasteiger partial charge < -0.3 is 14.5 Å². The Morgan fingerprint density at radius 3 is 2.34 bits per heavy atom. The van der Waals surface area contributed by atoms with E-state index >= 15 is 0 Å². The largest absolute Gasteiger partial charge is 0.495 e. The Morgan fingerprint density at radius 2 is 1.51 bits per heavy atom. The minimum atomic E-state index is 0.0709. The molecule has 1 saturated heterocycles. The number of benzene rings is 4. The third-order valence-corrected chi connectivity index (χ3v) is 7.88. The van der Waals surface area contributed by atoms with E-state index in [-0.39, 0.29) is 5.91 Å². The maximum atomic E-state index is 13.6. The number of piperazine rings is 1. The van der Waals surface area contributed by atoms with Crippen LogP contribution in [0, 0.1) is 0 Å². The van der Waals surface area contributed by atoms with Crippen molar-refractivity contribution in [2.45, 2.75) is 0 Å². The minimum Gasteiger partial charge on any atom is -0.495 e. The molecule has 0 N–H and O–H groups in total. The standard InChI is InChI=1S/C34H29N5O2/c1-41-30-17-8-7-16-29(30)39-22-28(25-10-3-2-4-11-25)31-32(35-23-36-33(31)39)37-18-20-38(21-19-37)34(40)27-15-9-13-24-12-5-6-14-26(24)27/h2-17,22-23H,18-21H2,1H3. The van der Waals surface area contributed by atoms with Crippen LogP contribution in [0.2, 0.25) is 0 Å². The van der Waals surface area contributed by atoms with E-state index in [1.165, 1.54) is 0 Å². The molecule has 1 aliphatic heterocycles. The van der Waals surface area contributed by atoms with Gasteiger partial charge >= 0.3 is 0 Å². The third-order valence-electron chi connectivity index (χ3n) is 7.88. The summed E-state index contributed by atoms with van der Waals surface area (Å²) in [5.74, 6) is 1.71. The Labute approximate surface area is 238 Å². The number of carbonyl (C=O) groups is 1. The number of ether oxygens (including phenoxy) is 1. The summed E-state index contributed by atoms with van der Waals surface area (Å²) in [6.45, 7) is 2.58. The molecule has 0 aliphatic carbocycles. The molecule has 41 heavy (non-hydrogen) atoms. The van der Waals surface area contributed by atoms with Crippen molar-refractivity contribution >= 4 is 33.5 Å². The molecule has 1 fully saturated rings. The fourth-order valence-corrected chi connectivity index (χ4v) is 5.84. The van der Waals surface area contributed by atoms with Crippen LogP contribution >= 0.6 is 0 Å². The predicted molar refractivity (Wildman–Crippen MR) is 163 cm³/mol. The molecule has 7 nitrogen and oxygen atoms in total. The van der Waals surface area contributed by atoms with Gasteiger partial charge in [-0.1, -0.05) is 78.9 Å². The lowest BCUT2D eigenvalue weighted by Crippen LogP contribution is -2.49. The molecule has 0 radical (unpaired) electrons. The van der Waals surface area contributed by atoms with E-state index in [1.54, 1.807) is 13.4 Å². The van der Waals surface area contributed by atoms with Gasteiger partial charge in [-0.05, 0) is 34.5 Å². The Morgan fingerprint density at radius 1 is 0.780 bits per heavy atom. The lowest BCUT2D eigenvalue weighted by Gasteiger charge is -2.36. The molecule has 0 atom stereocenters. The minimum absolute atomic E-state index is 0.0709. The van der Waals surface area contributed by atoms with E-state index in [0.717, 1.165) is 55.8 Å². The first kappa shape index (κ1) is 24.8. The topological polar surface area (TPSA) is 63.5 Å². The van der Waals surface area contributed by atoms with Crippen LogP contribution in [0.3, 0.4) is 0 Å². The van der Waals surface area contributed by atoms with Gasteiger partial charge in [0.25, 0.3) is 5.91 Å². The van der Waals surface area contributed by atoms with Gasteiger partial charge in [-0.15, -0.1) is 0 Å². The summed E-state index contributed by atoms with van der Waals surface area (Å²) in [5, 5.41) is 3.05. The second-order valence-electron chi connectivity index (χ2n) is 10.2. The highest BCUT2D eigenvalue weighted by Crippen LogP contribution is 2.38. The van der Waals surface area contributed by atoms with Crippen LogP contribution in [0.15, 0.2) is 110 Å². The molecule has 202 valence electrons. The average Bonchev–Trinajstić information content (AvgIpc) is 3.44. The molecule has 4 aromatic carbocycles. The van der Waals surface area contributed by atoms with Crippen molar-refractivity contribution in [1.82, 2.24) is 19.4 Å². The SMILES string of the molecule is COc1ccccc1-n1cc(-c2ccccc2)c2c(N3CCN(C(=O)c4cccc5ccccc45)CC3)ncnc21. The molecule has 0 unspecified atom stereocenters. The van der Waals surface area contributed by atoms with Crippen LogP contribution in [0.5, 0.6) is 5.75 Å². The summed E-state index contributed by atoms with van der Waals surface area (Å²) in [6.07, 6.45) is 3.75. The van der Waals surface area contributed by atoms with Gasteiger partial charge in [0.15, 0.2) is 5.65 Å². The van der Waals surface area contributed by atoms with E-state index in [9.17, 15) is 4.79 Å². The molecule has 0 bridgehead atoms. The fourth-order valence-electron chi connectivity index (χ4n) is 5.84. The third kappa shape index (κ3) is 4.36. The Kier molecular flexibility index (Phi) is 6.32. The van der Waals surface area contributed by atoms with Crippen LogP contribution in [-0.2, 0) is 0 Å². The fraction of sp³-hybridized carbons (Fsp3) is 0.147. The number of methoxy groups -OCH3 is 1. The van der Waals surface area contributed by atoms with Crippen molar-refractivity contribution in [2.75, 3.05) is 38.2 Å². The number of rotatable bonds is 5. The van der Waals surface area contributed by atoms with E-state index in [4.69, 9.17) is 14.7 Å². The van der Waals surface area contributed by atoms with Crippen molar-refractivity contribution in [3.8, 4) is 22.6 Å². The lowest BCUT2D eigenvalue weighted by atomic mass is 10.0. The molecular weight excluding hydrogens is 510 g/mol. The van der Waals surface area contributed by atoms with Crippen LogP contribution < -0.4 is 9.64 Å². The molecule has 0 spiro atoms. The zero-order valence-electron chi connectivity index (χ0n) is 22.8. The highest BCUT2D eigenvalue weighted by molar-refractivity contribution is 6.07. The number of anilines is 1. The highest BCUT2D eigenvalue weighted by Gasteiger charge is 2.27. The molecule has 6 aromatic rings. The molecule has 0 saturated carbocycles. The maximum Gasteiger partial charge on any atom is 0.254 e. The molecule has 1 aliphatic rings. The van der Waals surface area contributed by atoms with Crippen molar-refractivity contribution in [2.24, 2.45) is 0 Å². The summed E-state index contributed by atoms with van der Waals surface area (Å²) >= 11 is 0. The first-order chi connectivity index (χ1) is 20.2. The van der Waals surface area contributed by atoms with Gasteiger partial charge in [-0.2, -0.15) is 0 Å². The summed E-state index contributed by atoms with van der Waals surface area (Å²) < 4.78 is 7.78. The summed E-state index contributed by atoms with van der Waals surface area (Å²) in [5.41, 5.74) is 4.62. The zero-order valence-corrected chi connectivity index (χ0v) is 22.8. The molecule has 2 aromatic heterocycles. The van der Waals surface area contributed by atoms with E-state index in [2.05, 4.69) is 27.8 Å². The summed E-state index contributed by atoms with van der Waals surface area (Å²) in [7, 11) is 1.68. The highest BCUT2D eigenvalue weighted by atomic mass is 16.5. The van der Waals surface area contributed by atoms with Crippen LogP contribution in [0.1, 0.15) is 10.4 Å². The number of carbonyl (C=O) groups excluding carboxylic acids is 1. The first-order valence-corrected chi connectivity index (χ1v) is 13.8. The number of fused-ring (bicyclic) bond motifs is 2. The average molecular weight is 540 g/mol. The van der Waals surface area contributed by atoms with Gasteiger partial charge in [-0.25, -0.2) is 9.97 Å². The number of para-hydroxylation sites is 2. The van der Waals surface area contributed by atoms with Crippen molar-refractivity contribution in [3.63, 3.8) is 0 Å². The molecule has 7 rings (SSSR count). The molecule has 3 heterocycles. The Bertz CT molecular complexity index is 1870. The Balaban J connectivity index is 1.25. The van der Waals surface area contributed by atoms with E-state index in [1.807, 2.05) is 89.8 Å². The Hall–Kier alpha value is -5.17. The smallest absolute Gasteiger partial charge is 0.254 e. The molecule has 1 amide bonds. The zero-order chi connectivity index (χ0) is 27.8. The second kappa shape index (κ2) is 10.4. The second-order valence-corrected chi connectivity index (χ2v) is 10.2. The molecule has 7 heteroatoms. The number of hydrogen-bond donors (Lipinski definition) is 0.